The Labute approximate surface area is 150 Å². The van der Waals surface area contributed by atoms with E-state index in [0.29, 0.717) is 32.2 Å². The summed E-state index contributed by atoms with van der Waals surface area (Å²) in [5.74, 6) is 1.27. The van der Waals surface area contributed by atoms with Gasteiger partial charge in [-0.1, -0.05) is 26.0 Å². The number of piperazine rings is 1. The van der Waals surface area contributed by atoms with E-state index in [1.807, 2.05) is 12.1 Å². The lowest BCUT2D eigenvalue weighted by Gasteiger charge is -2.34. The molecule has 25 heavy (non-hydrogen) atoms. The van der Waals surface area contributed by atoms with Crippen LogP contribution in [-0.2, 0) is 4.74 Å². The Balaban J connectivity index is 1.69. The third-order valence-corrected chi connectivity index (χ3v) is 4.36. The fourth-order valence-electron chi connectivity index (χ4n) is 2.82. The van der Waals surface area contributed by atoms with E-state index in [1.54, 1.807) is 11.8 Å². The van der Waals surface area contributed by atoms with Gasteiger partial charge in [-0.3, -0.25) is 4.90 Å². The third kappa shape index (κ3) is 6.21. The van der Waals surface area contributed by atoms with Crippen LogP contribution in [0.1, 0.15) is 32.3 Å². The molecule has 0 spiro atoms. The largest absolute Gasteiger partial charge is 0.491 e. The molecule has 1 aromatic rings. The normalized spacial score (nSPS) is 16.8. The molecular weight excluding hydrogens is 320 g/mol. The highest BCUT2D eigenvalue weighted by atomic mass is 16.6. The van der Waals surface area contributed by atoms with Crippen molar-refractivity contribution in [3.8, 4) is 5.75 Å². The van der Waals surface area contributed by atoms with Gasteiger partial charge in [-0.2, -0.15) is 0 Å². The number of nitrogens with zero attached hydrogens (tertiary/aromatic N) is 2. The lowest BCUT2D eigenvalue weighted by atomic mass is 10.0. The second-order valence-electron chi connectivity index (χ2n) is 6.68. The van der Waals surface area contributed by atoms with E-state index in [1.165, 1.54) is 5.56 Å². The number of β-amino-alcohol motifs (C(OH)–C–C–N with tert-alkyl or cyclic N) is 1. The van der Waals surface area contributed by atoms with Crippen LogP contribution in [0.4, 0.5) is 4.79 Å². The first kappa shape index (κ1) is 19.5. The maximum absolute atomic E-state index is 11.7. The first-order chi connectivity index (χ1) is 12.0. The molecule has 140 valence electrons. The van der Waals surface area contributed by atoms with Crippen LogP contribution in [0.3, 0.4) is 0 Å². The number of carbonyl (C=O) groups excluding carboxylic acids is 1. The number of hydrogen-bond acceptors (Lipinski definition) is 5. The molecule has 0 aliphatic carbocycles. The van der Waals surface area contributed by atoms with Crippen LogP contribution < -0.4 is 4.74 Å². The van der Waals surface area contributed by atoms with Crippen molar-refractivity contribution in [2.75, 3.05) is 45.9 Å². The van der Waals surface area contributed by atoms with E-state index in [-0.39, 0.29) is 12.7 Å². The van der Waals surface area contributed by atoms with Gasteiger partial charge in [0.1, 0.15) is 18.5 Å². The highest BCUT2D eigenvalue weighted by molar-refractivity contribution is 5.67. The molecule has 0 unspecified atom stereocenters. The summed E-state index contributed by atoms with van der Waals surface area (Å²) in [5, 5.41) is 10.2. The fourth-order valence-corrected chi connectivity index (χ4v) is 2.82. The molecule has 1 N–H and O–H groups in total. The van der Waals surface area contributed by atoms with Crippen molar-refractivity contribution in [2.45, 2.75) is 32.8 Å². The topological polar surface area (TPSA) is 62.2 Å². The summed E-state index contributed by atoms with van der Waals surface area (Å²) >= 11 is 0. The molecule has 1 atom stereocenters. The van der Waals surface area contributed by atoms with E-state index in [0.717, 1.165) is 18.8 Å². The van der Waals surface area contributed by atoms with E-state index in [2.05, 4.69) is 30.9 Å². The van der Waals surface area contributed by atoms with Crippen LogP contribution >= 0.6 is 0 Å². The molecule has 0 aromatic heterocycles. The molecular formula is C19H30N2O4. The van der Waals surface area contributed by atoms with Gasteiger partial charge >= 0.3 is 6.09 Å². The number of amides is 1. The van der Waals surface area contributed by atoms with Crippen LogP contribution in [0, 0.1) is 0 Å². The monoisotopic (exact) mass is 350 g/mol. The molecule has 0 bridgehead atoms. The Kier molecular flexibility index (Phi) is 7.52. The van der Waals surface area contributed by atoms with Crippen LogP contribution in [0.2, 0.25) is 0 Å². The molecule has 2 rings (SSSR count). The summed E-state index contributed by atoms with van der Waals surface area (Å²) in [6.07, 6.45) is -0.810. The molecule has 1 saturated heterocycles. The first-order valence-electron chi connectivity index (χ1n) is 9.04. The zero-order valence-electron chi connectivity index (χ0n) is 15.5. The maximum atomic E-state index is 11.7. The molecule has 1 fully saturated rings. The quantitative estimate of drug-likeness (QED) is 0.818. The minimum absolute atomic E-state index is 0.254. The zero-order valence-corrected chi connectivity index (χ0v) is 15.5. The fraction of sp³-hybridized carbons (Fsp3) is 0.632. The van der Waals surface area contributed by atoms with Crippen molar-refractivity contribution < 1.29 is 19.4 Å². The lowest BCUT2D eigenvalue weighted by molar-refractivity contribution is 0.0408. The van der Waals surface area contributed by atoms with Crippen LogP contribution in [0.25, 0.3) is 0 Å². The lowest BCUT2D eigenvalue weighted by Crippen LogP contribution is -2.51. The predicted molar refractivity (Wildman–Crippen MR) is 97.1 cm³/mol. The van der Waals surface area contributed by atoms with Gasteiger partial charge in [0.05, 0.1) is 6.61 Å². The van der Waals surface area contributed by atoms with E-state index >= 15 is 0 Å². The van der Waals surface area contributed by atoms with Gasteiger partial charge in [0.15, 0.2) is 0 Å². The number of aliphatic hydroxyl groups is 1. The van der Waals surface area contributed by atoms with Crippen LogP contribution in [0.15, 0.2) is 24.3 Å². The van der Waals surface area contributed by atoms with Gasteiger partial charge in [0, 0.05) is 32.7 Å². The van der Waals surface area contributed by atoms with Crippen molar-refractivity contribution >= 4 is 6.09 Å². The predicted octanol–water partition coefficient (Wildman–Crippen LogP) is 2.32. The first-order valence-corrected chi connectivity index (χ1v) is 9.04. The summed E-state index contributed by atoms with van der Waals surface area (Å²) in [5.41, 5.74) is 1.27. The SMILES string of the molecule is CCOC(=O)N1CCN(C[C@@H](O)COc2ccc(C(C)C)cc2)CC1. The molecule has 6 nitrogen and oxygen atoms in total. The average Bonchev–Trinajstić information content (AvgIpc) is 2.61. The van der Waals surface area contributed by atoms with Crippen molar-refractivity contribution in [2.24, 2.45) is 0 Å². The van der Waals surface area contributed by atoms with Crippen LogP contribution in [0.5, 0.6) is 5.75 Å². The van der Waals surface area contributed by atoms with E-state index in [9.17, 15) is 9.90 Å². The van der Waals surface area contributed by atoms with Crippen molar-refractivity contribution in [3.63, 3.8) is 0 Å². The Hall–Kier alpha value is -1.79. The van der Waals surface area contributed by atoms with Crippen LogP contribution in [-0.4, -0.2) is 73.0 Å². The highest BCUT2D eigenvalue weighted by Gasteiger charge is 2.23. The van der Waals surface area contributed by atoms with Gasteiger partial charge in [-0.25, -0.2) is 4.79 Å². The Morgan fingerprint density at radius 1 is 1.16 bits per heavy atom. The summed E-state index contributed by atoms with van der Waals surface area (Å²) in [6, 6.07) is 8.00. The molecule has 0 saturated carbocycles. The second-order valence-corrected chi connectivity index (χ2v) is 6.68. The average molecular weight is 350 g/mol. The highest BCUT2D eigenvalue weighted by Crippen LogP contribution is 2.18. The third-order valence-electron chi connectivity index (χ3n) is 4.36. The van der Waals surface area contributed by atoms with Crippen molar-refractivity contribution in [1.29, 1.82) is 0 Å². The van der Waals surface area contributed by atoms with Gasteiger partial charge in [-0.15, -0.1) is 0 Å². The number of benzene rings is 1. The summed E-state index contributed by atoms with van der Waals surface area (Å²) in [6.45, 7) is 10.0. The van der Waals surface area contributed by atoms with E-state index in [4.69, 9.17) is 9.47 Å². The Morgan fingerprint density at radius 2 is 1.80 bits per heavy atom. The second kappa shape index (κ2) is 9.63. The number of hydrogen-bond donors (Lipinski definition) is 1. The molecule has 1 heterocycles. The Morgan fingerprint density at radius 3 is 2.36 bits per heavy atom. The van der Waals surface area contributed by atoms with Gasteiger partial charge < -0.3 is 19.5 Å². The van der Waals surface area contributed by atoms with Crippen molar-refractivity contribution in [3.05, 3.63) is 29.8 Å². The summed E-state index contributed by atoms with van der Waals surface area (Å²) < 4.78 is 10.7. The molecule has 1 aliphatic heterocycles. The summed E-state index contributed by atoms with van der Waals surface area (Å²) in [7, 11) is 0. The number of ether oxygens (including phenoxy) is 2. The van der Waals surface area contributed by atoms with E-state index < -0.39 is 6.10 Å². The van der Waals surface area contributed by atoms with Gasteiger partial charge in [0.25, 0.3) is 0 Å². The smallest absolute Gasteiger partial charge is 0.409 e. The van der Waals surface area contributed by atoms with Gasteiger partial charge in [0.2, 0.25) is 0 Å². The molecule has 0 radical (unpaired) electrons. The zero-order chi connectivity index (χ0) is 18.2. The molecule has 1 aliphatic rings. The maximum Gasteiger partial charge on any atom is 0.409 e. The number of carbonyl (C=O) groups is 1. The number of rotatable bonds is 7. The Bertz CT molecular complexity index is 525. The number of aliphatic hydroxyl groups excluding tert-OH is 1. The molecule has 1 amide bonds. The minimum atomic E-state index is -0.557. The van der Waals surface area contributed by atoms with Crippen molar-refractivity contribution in [1.82, 2.24) is 9.80 Å². The molecule has 1 aromatic carbocycles. The molecule has 6 heteroatoms. The minimum Gasteiger partial charge on any atom is -0.491 e. The van der Waals surface area contributed by atoms with Gasteiger partial charge in [-0.05, 0) is 30.5 Å². The standard InChI is InChI=1S/C19H30N2O4/c1-4-24-19(23)21-11-9-20(10-12-21)13-17(22)14-25-18-7-5-16(6-8-18)15(2)3/h5-8,15,17,22H,4,9-14H2,1-3H3/t17-/m1/s1. The summed E-state index contributed by atoms with van der Waals surface area (Å²) in [4.78, 5) is 15.5.